The molecule has 0 spiro atoms. The quantitative estimate of drug-likeness (QED) is 0.881. The SMILES string of the molecule is COc1cccc(NC(=O)c2cc(OC)c(OC)c(OC)c2)n1. The normalized spacial score (nSPS) is 9.91. The number of aromatic nitrogens is 1. The van der Waals surface area contributed by atoms with E-state index in [1.807, 2.05) is 0 Å². The van der Waals surface area contributed by atoms with Gasteiger partial charge in [0, 0.05) is 11.6 Å². The van der Waals surface area contributed by atoms with E-state index in [1.165, 1.54) is 28.4 Å². The highest BCUT2D eigenvalue weighted by Crippen LogP contribution is 2.38. The van der Waals surface area contributed by atoms with E-state index in [9.17, 15) is 4.79 Å². The van der Waals surface area contributed by atoms with Crippen molar-refractivity contribution >= 4 is 11.7 Å². The highest BCUT2D eigenvalue weighted by atomic mass is 16.5. The van der Waals surface area contributed by atoms with Gasteiger partial charge in [-0.05, 0) is 18.2 Å². The van der Waals surface area contributed by atoms with Crippen molar-refractivity contribution in [3.05, 3.63) is 35.9 Å². The number of pyridine rings is 1. The molecular formula is C16H18N2O5. The number of carbonyl (C=O) groups excluding carboxylic acids is 1. The number of ether oxygens (including phenoxy) is 4. The minimum Gasteiger partial charge on any atom is -0.493 e. The van der Waals surface area contributed by atoms with Crippen LogP contribution >= 0.6 is 0 Å². The van der Waals surface area contributed by atoms with Crippen molar-refractivity contribution < 1.29 is 23.7 Å². The lowest BCUT2D eigenvalue weighted by molar-refractivity contribution is 0.102. The van der Waals surface area contributed by atoms with E-state index in [-0.39, 0.29) is 5.91 Å². The number of rotatable bonds is 6. The summed E-state index contributed by atoms with van der Waals surface area (Å²) in [6.07, 6.45) is 0. The second kappa shape index (κ2) is 7.35. The first-order valence-electron chi connectivity index (χ1n) is 6.75. The number of nitrogens with one attached hydrogen (secondary N) is 1. The summed E-state index contributed by atoms with van der Waals surface area (Å²) in [4.78, 5) is 16.5. The smallest absolute Gasteiger partial charge is 0.257 e. The fraction of sp³-hybridized carbons (Fsp3) is 0.250. The third-order valence-electron chi connectivity index (χ3n) is 3.10. The van der Waals surface area contributed by atoms with Gasteiger partial charge in [0.1, 0.15) is 5.82 Å². The molecular weight excluding hydrogens is 300 g/mol. The highest BCUT2D eigenvalue weighted by molar-refractivity contribution is 6.04. The number of carbonyl (C=O) groups is 1. The summed E-state index contributed by atoms with van der Waals surface area (Å²) in [6.45, 7) is 0. The van der Waals surface area contributed by atoms with Crippen LogP contribution in [0.5, 0.6) is 23.1 Å². The second-order valence-electron chi connectivity index (χ2n) is 4.43. The Morgan fingerprint density at radius 2 is 1.61 bits per heavy atom. The molecule has 0 saturated carbocycles. The van der Waals surface area contributed by atoms with Crippen LogP contribution in [0.2, 0.25) is 0 Å². The van der Waals surface area contributed by atoms with Crippen LogP contribution in [-0.2, 0) is 0 Å². The van der Waals surface area contributed by atoms with E-state index >= 15 is 0 Å². The number of hydrogen-bond acceptors (Lipinski definition) is 6. The maximum Gasteiger partial charge on any atom is 0.257 e. The lowest BCUT2D eigenvalue weighted by Crippen LogP contribution is -2.13. The molecule has 23 heavy (non-hydrogen) atoms. The zero-order valence-corrected chi connectivity index (χ0v) is 13.4. The van der Waals surface area contributed by atoms with E-state index in [2.05, 4.69) is 10.3 Å². The van der Waals surface area contributed by atoms with Crippen molar-refractivity contribution in [2.24, 2.45) is 0 Å². The third kappa shape index (κ3) is 3.63. The van der Waals surface area contributed by atoms with Crippen molar-refractivity contribution in [3.8, 4) is 23.1 Å². The van der Waals surface area contributed by atoms with Gasteiger partial charge in [-0.2, -0.15) is 4.98 Å². The standard InChI is InChI=1S/C16H18N2O5/c1-20-11-8-10(9-12(21-2)15(11)23-4)16(19)18-13-6-5-7-14(17-13)22-3/h5-9H,1-4H3,(H,17,18,19). The molecule has 0 aliphatic rings. The molecule has 0 radical (unpaired) electrons. The molecule has 122 valence electrons. The number of anilines is 1. The van der Waals surface area contributed by atoms with E-state index in [0.717, 1.165) is 0 Å². The average molecular weight is 318 g/mol. The van der Waals surface area contributed by atoms with Gasteiger partial charge in [-0.3, -0.25) is 4.79 Å². The molecule has 1 N–H and O–H groups in total. The lowest BCUT2D eigenvalue weighted by atomic mass is 10.1. The fourth-order valence-electron chi connectivity index (χ4n) is 2.00. The van der Waals surface area contributed by atoms with E-state index < -0.39 is 0 Å². The largest absolute Gasteiger partial charge is 0.493 e. The predicted molar refractivity (Wildman–Crippen MR) is 84.8 cm³/mol. The van der Waals surface area contributed by atoms with Gasteiger partial charge >= 0.3 is 0 Å². The summed E-state index contributed by atoms with van der Waals surface area (Å²) in [7, 11) is 5.98. The Labute approximate surface area is 134 Å². The topological polar surface area (TPSA) is 78.9 Å². The minimum atomic E-state index is -0.356. The second-order valence-corrected chi connectivity index (χ2v) is 4.43. The number of amides is 1. The summed E-state index contributed by atoms with van der Waals surface area (Å²) in [5.41, 5.74) is 0.351. The average Bonchev–Trinajstić information content (AvgIpc) is 2.60. The molecule has 0 bridgehead atoms. The zero-order chi connectivity index (χ0) is 16.8. The fourth-order valence-corrected chi connectivity index (χ4v) is 2.00. The summed E-state index contributed by atoms with van der Waals surface area (Å²) in [5, 5.41) is 2.69. The lowest BCUT2D eigenvalue weighted by Gasteiger charge is -2.14. The van der Waals surface area contributed by atoms with Crippen LogP contribution in [0.25, 0.3) is 0 Å². The van der Waals surface area contributed by atoms with Crippen molar-refractivity contribution in [1.82, 2.24) is 4.98 Å². The Bertz CT molecular complexity index is 678. The van der Waals surface area contributed by atoms with Gasteiger partial charge in [0.15, 0.2) is 11.5 Å². The molecule has 1 aromatic carbocycles. The molecule has 1 aromatic heterocycles. The predicted octanol–water partition coefficient (Wildman–Crippen LogP) is 2.37. The van der Waals surface area contributed by atoms with Crippen LogP contribution < -0.4 is 24.3 Å². The number of benzene rings is 1. The maximum atomic E-state index is 12.4. The summed E-state index contributed by atoms with van der Waals surface area (Å²) in [6, 6.07) is 8.22. The van der Waals surface area contributed by atoms with Crippen molar-refractivity contribution in [1.29, 1.82) is 0 Å². The van der Waals surface area contributed by atoms with Gasteiger partial charge in [0.2, 0.25) is 11.6 Å². The van der Waals surface area contributed by atoms with Crippen LogP contribution in [-0.4, -0.2) is 39.3 Å². The summed E-state index contributed by atoms with van der Waals surface area (Å²) < 4.78 is 20.7. The summed E-state index contributed by atoms with van der Waals surface area (Å²) in [5.74, 6) is 1.65. The molecule has 1 amide bonds. The van der Waals surface area contributed by atoms with Gasteiger partial charge in [-0.25, -0.2) is 0 Å². The van der Waals surface area contributed by atoms with Crippen LogP contribution in [0.15, 0.2) is 30.3 Å². The van der Waals surface area contributed by atoms with Gasteiger partial charge in [-0.15, -0.1) is 0 Å². The zero-order valence-electron chi connectivity index (χ0n) is 13.4. The monoisotopic (exact) mass is 318 g/mol. The van der Waals surface area contributed by atoms with E-state index in [0.29, 0.717) is 34.5 Å². The first-order chi connectivity index (χ1) is 11.1. The molecule has 0 aliphatic carbocycles. The molecule has 0 atom stereocenters. The molecule has 7 nitrogen and oxygen atoms in total. The first-order valence-corrected chi connectivity index (χ1v) is 6.75. The Hall–Kier alpha value is -2.96. The Morgan fingerprint density at radius 1 is 0.957 bits per heavy atom. The van der Waals surface area contributed by atoms with Crippen LogP contribution in [0.3, 0.4) is 0 Å². The van der Waals surface area contributed by atoms with Crippen LogP contribution in [0.4, 0.5) is 5.82 Å². The Morgan fingerprint density at radius 3 is 2.13 bits per heavy atom. The molecule has 2 aromatic rings. The molecule has 0 aliphatic heterocycles. The van der Waals surface area contributed by atoms with Crippen LogP contribution in [0, 0.1) is 0 Å². The first kappa shape index (κ1) is 16.4. The minimum absolute atomic E-state index is 0.351. The van der Waals surface area contributed by atoms with E-state index in [4.69, 9.17) is 18.9 Å². The number of methoxy groups -OCH3 is 4. The van der Waals surface area contributed by atoms with Gasteiger partial charge in [0.25, 0.3) is 5.91 Å². The third-order valence-corrected chi connectivity index (χ3v) is 3.10. The van der Waals surface area contributed by atoms with Crippen molar-refractivity contribution in [3.63, 3.8) is 0 Å². The number of nitrogens with zero attached hydrogens (tertiary/aromatic N) is 1. The number of hydrogen-bond donors (Lipinski definition) is 1. The highest BCUT2D eigenvalue weighted by Gasteiger charge is 2.17. The molecule has 0 saturated heterocycles. The van der Waals surface area contributed by atoms with Crippen LogP contribution in [0.1, 0.15) is 10.4 Å². The van der Waals surface area contributed by atoms with E-state index in [1.54, 1.807) is 30.3 Å². The maximum absolute atomic E-state index is 12.4. The van der Waals surface area contributed by atoms with Crippen molar-refractivity contribution in [2.45, 2.75) is 0 Å². The Kier molecular flexibility index (Phi) is 5.24. The van der Waals surface area contributed by atoms with Gasteiger partial charge < -0.3 is 24.3 Å². The Balaban J connectivity index is 2.31. The van der Waals surface area contributed by atoms with Gasteiger partial charge in [-0.1, -0.05) is 6.07 Å². The molecule has 7 heteroatoms. The molecule has 1 heterocycles. The van der Waals surface area contributed by atoms with Crippen molar-refractivity contribution in [2.75, 3.05) is 33.8 Å². The molecule has 0 unspecified atom stereocenters. The molecule has 2 rings (SSSR count). The summed E-state index contributed by atoms with van der Waals surface area (Å²) >= 11 is 0. The molecule has 0 fully saturated rings. The van der Waals surface area contributed by atoms with Gasteiger partial charge in [0.05, 0.1) is 28.4 Å².